The lowest BCUT2D eigenvalue weighted by Crippen LogP contribution is -2.05. The van der Waals surface area contributed by atoms with Crippen LogP contribution in [0.3, 0.4) is 0 Å². The summed E-state index contributed by atoms with van der Waals surface area (Å²) in [5.74, 6) is -0.778. The van der Waals surface area contributed by atoms with Crippen LogP contribution < -0.4 is 5.73 Å². The number of azo groups is 1. The number of aromatic hydroxyl groups is 1. The van der Waals surface area contributed by atoms with Crippen LogP contribution in [0, 0.1) is 6.92 Å². The highest BCUT2D eigenvalue weighted by atomic mass is 32.2. The van der Waals surface area contributed by atoms with Gasteiger partial charge in [-0.05, 0) is 54.3 Å². The summed E-state index contributed by atoms with van der Waals surface area (Å²) in [6.07, 6.45) is 0. The van der Waals surface area contributed by atoms with Gasteiger partial charge in [0, 0.05) is 11.1 Å². The molecule has 0 radical (unpaired) electrons. The number of nitrogen functional groups attached to an aromatic ring is 1. The van der Waals surface area contributed by atoms with Gasteiger partial charge in [0.05, 0.1) is 4.90 Å². The van der Waals surface area contributed by atoms with E-state index in [0.29, 0.717) is 12.1 Å². The Bertz CT molecular complexity index is 1660. The maximum absolute atomic E-state index is 11.9. The predicted octanol–water partition coefficient (Wildman–Crippen LogP) is 2.59. The fourth-order valence-corrected chi connectivity index (χ4v) is 5.05. The van der Waals surface area contributed by atoms with Gasteiger partial charge in [0.2, 0.25) is 0 Å². The van der Waals surface area contributed by atoms with Crippen molar-refractivity contribution >= 4 is 58.2 Å². The molecule has 0 fully saturated rings. The summed E-state index contributed by atoms with van der Waals surface area (Å²) >= 11 is 0. The number of benzene rings is 3. The molecule has 0 amide bonds. The molecule has 0 heterocycles. The van der Waals surface area contributed by atoms with Crippen molar-refractivity contribution in [1.82, 2.24) is 0 Å². The lowest BCUT2D eigenvalue weighted by Gasteiger charge is -2.10. The largest absolute Gasteiger partial charge is 0.505 e. The number of phenolic OH excluding ortho intramolecular Hbond substituents is 1. The molecule has 0 bridgehead atoms. The molecular formula is C17H15N3O10S3. The van der Waals surface area contributed by atoms with Crippen LogP contribution in [-0.4, -0.2) is 44.0 Å². The van der Waals surface area contributed by atoms with Crippen LogP contribution in [0.25, 0.3) is 10.8 Å². The number of nitrogens with zero attached hydrogens (tertiary/aromatic N) is 2. The Morgan fingerprint density at radius 1 is 0.758 bits per heavy atom. The lowest BCUT2D eigenvalue weighted by molar-refractivity contribution is 0.472. The van der Waals surface area contributed by atoms with Gasteiger partial charge in [-0.1, -0.05) is 0 Å². The van der Waals surface area contributed by atoms with Crippen LogP contribution in [-0.2, 0) is 30.4 Å². The van der Waals surface area contributed by atoms with Gasteiger partial charge in [-0.15, -0.1) is 10.2 Å². The van der Waals surface area contributed by atoms with Gasteiger partial charge in [-0.3, -0.25) is 13.7 Å². The van der Waals surface area contributed by atoms with E-state index in [-0.39, 0.29) is 22.0 Å². The third kappa shape index (κ3) is 4.95. The van der Waals surface area contributed by atoms with Gasteiger partial charge >= 0.3 is 0 Å². The van der Waals surface area contributed by atoms with Crippen LogP contribution in [0.1, 0.15) is 5.56 Å². The van der Waals surface area contributed by atoms with Crippen LogP contribution >= 0.6 is 0 Å². The first-order valence-corrected chi connectivity index (χ1v) is 12.9. The standard InChI is InChI=1S/C17H15N3O10S3/c1-8-4-14(32(25,26)27)12(7-13(8)31(22,23)24)19-20-16-15(33(28,29)30)6-9-5-10(18)2-3-11(9)17(16)21/h2-7,21H,18H2,1H3,(H,22,23,24)(H,25,26,27)(H,28,29,30). The van der Waals surface area contributed by atoms with E-state index in [9.17, 15) is 44.0 Å². The topological polar surface area (TPSA) is 234 Å². The van der Waals surface area contributed by atoms with Gasteiger partial charge in [0.15, 0.2) is 5.75 Å². The molecule has 0 saturated heterocycles. The van der Waals surface area contributed by atoms with Crippen molar-refractivity contribution in [2.24, 2.45) is 10.2 Å². The van der Waals surface area contributed by atoms with Crippen LogP contribution in [0.15, 0.2) is 61.3 Å². The van der Waals surface area contributed by atoms with E-state index in [1.165, 1.54) is 18.2 Å². The van der Waals surface area contributed by atoms with Gasteiger partial charge in [-0.25, -0.2) is 0 Å². The number of rotatable bonds is 5. The lowest BCUT2D eigenvalue weighted by atomic mass is 10.1. The first-order chi connectivity index (χ1) is 15.0. The Morgan fingerprint density at radius 3 is 1.88 bits per heavy atom. The minimum atomic E-state index is -5.00. The summed E-state index contributed by atoms with van der Waals surface area (Å²) < 4.78 is 98.7. The van der Waals surface area contributed by atoms with Crippen molar-refractivity contribution in [2.45, 2.75) is 21.6 Å². The summed E-state index contributed by atoms with van der Waals surface area (Å²) in [6.45, 7) is 1.13. The molecule has 176 valence electrons. The second-order valence-electron chi connectivity index (χ2n) is 6.76. The first-order valence-electron chi connectivity index (χ1n) is 8.54. The smallest absolute Gasteiger partial charge is 0.296 e. The molecule has 3 rings (SSSR count). The molecule has 13 nitrogen and oxygen atoms in total. The second-order valence-corrected chi connectivity index (χ2v) is 10.9. The molecule has 0 spiro atoms. The second kappa shape index (κ2) is 8.01. The SMILES string of the molecule is Cc1cc(S(=O)(=O)O)c(N=Nc2c(S(=O)(=O)O)cc3cc(N)ccc3c2O)cc1S(=O)(=O)O. The number of fused-ring (bicyclic) bond motifs is 1. The van der Waals surface area contributed by atoms with Gasteiger partial charge < -0.3 is 10.8 Å². The minimum absolute atomic E-state index is 0.0445. The Hall–Kier alpha value is -3.15. The van der Waals surface area contributed by atoms with E-state index in [4.69, 9.17) is 5.73 Å². The number of aryl methyl sites for hydroxylation is 1. The van der Waals surface area contributed by atoms with E-state index in [1.807, 2.05) is 0 Å². The Labute approximate surface area is 187 Å². The minimum Gasteiger partial charge on any atom is -0.505 e. The molecule has 0 aliphatic rings. The van der Waals surface area contributed by atoms with Gasteiger partial charge in [0.25, 0.3) is 30.4 Å². The zero-order valence-electron chi connectivity index (χ0n) is 16.4. The van der Waals surface area contributed by atoms with Crippen molar-refractivity contribution in [3.8, 4) is 5.75 Å². The van der Waals surface area contributed by atoms with Crippen LogP contribution in [0.5, 0.6) is 5.75 Å². The number of phenols is 1. The highest BCUT2D eigenvalue weighted by Crippen LogP contribution is 2.42. The van der Waals surface area contributed by atoms with Crippen LogP contribution in [0.4, 0.5) is 17.1 Å². The van der Waals surface area contributed by atoms with Crippen molar-refractivity contribution in [1.29, 1.82) is 0 Å². The van der Waals surface area contributed by atoms with E-state index in [0.717, 1.165) is 13.0 Å². The molecule has 0 aliphatic heterocycles. The third-order valence-corrected chi connectivity index (χ3v) is 7.17. The molecule has 0 atom stereocenters. The zero-order valence-corrected chi connectivity index (χ0v) is 18.8. The maximum Gasteiger partial charge on any atom is 0.296 e. The fourth-order valence-electron chi connectivity index (χ4n) is 2.98. The normalized spacial score (nSPS) is 13.1. The molecule has 6 N–H and O–H groups in total. The molecule has 0 aromatic heterocycles. The maximum atomic E-state index is 11.9. The molecule has 0 aliphatic carbocycles. The van der Waals surface area contributed by atoms with E-state index >= 15 is 0 Å². The first kappa shape index (κ1) is 24.5. The quantitative estimate of drug-likeness (QED) is 0.187. The Balaban J connectivity index is 2.37. The van der Waals surface area contributed by atoms with Crippen molar-refractivity contribution in [2.75, 3.05) is 5.73 Å². The summed E-state index contributed by atoms with van der Waals surface area (Å²) in [6, 6.07) is 6.20. The van der Waals surface area contributed by atoms with E-state index < -0.39 is 62.2 Å². The average Bonchev–Trinajstić information content (AvgIpc) is 2.65. The van der Waals surface area contributed by atoms with Crippen molar-refractivity contribution in [3.05, 3.63) is 42.0 Å². The molecule has 3 aromatic carbocycles. The number of hydrogen-bond acceptors (Lipinski definition) is 10. The summed E-state index contributed by atoms with van der Waals surface area (Å²) in [5, 5.41) is 17.7. The molecule has 0 saturated carbocycles. The molecule has 33 heavy (non-hydrogen) atoms. The average molecular weight is 518 g/mol. The number of anilines is 1. The van der Waals surface area contributed by atoms with Crippen molar-refractivity contribution in [3.63, 3.8) is 0 Å². The zero-order chi connectivity index (χ0) is 24.9. The van der Waals surface area contributed by atoms with Gasteiger partial charge in [0.1, 0.15) is 21.2 Å². The van der Waals surface area contributed by atoms with Crippen LogP contribution in [0.2, 0.25) is 0 Å². The molecule has 0 unspecified atom stereocenters. The summed E-state index contributed by atoms with van der Waals surface area (Å²) in [7, 11) is -14.8. The van der Waals surface area contributed by atoms with Crippen molar-refractivity contribution < 1.29 is 44.0 Å². The number of nitrogens with two attached hydrogens (primary N) is 1. The molecular weight excluding hydrogens is 502 g/mol. The van der Waals surface area contributed by atoms with E-state index in [2.05, 4.69) is 10.2 Å². The Morgan fingerprint density at radius 2 is 1.33 bits per heavy atom. The number of hydrogen-bond donors (Lipinski definition) is 5. The fraction of sp³-hybridized carbons (Fsp3) is 0.0588. The predicted molar refractivity (Wildman–Crippen MR) is 115 cm³/mol. The summed E-state index contributed by atoms with van der Waals surface area (Å²) in [4.78, 5) is -2.60. The third-order valence-electron chi connectivity index (χ3n) is 4.42. The highest BCUT2D eigenvalue weighted by molar-refractivity contribution is 7.86. The molecule has 16 heteroatoms. The Kier molecular flexibility index (Phi) is 5.95. The molecule has 3 aromatic rings. The summed E-state index contributed by atoms with van der Waals surface area (Å²) in [5.41, 5.74) is 3.97. The monoisotopic (exact) mass is 517 g/mol. The van der Waals surface area contributed by atoms with E-state index in [1.54, 1.807) is 0 Å². The van der Waals surface area contributed by atoms with Gasteiger partial charge in [-0.2, -0.15) is 25.3 Å². The highest BCUT2D eigenvalue weighted by Gasteiger charge is 2.25.